The zero-order chi connectivity index (χ0) is 23.8. The van der Waals surface area contributed by atoms with Gasteiger partial charge in [-0.15, -0.1) is 0 Å². The third-order valence-electron chi connectivity index (χ3n) is 4.45. The molecule has 0 heterocycles. The van der Waals surface area contributed by atoms with E-state index in [-0.39, 0.29) is 4.90 Å². The first kappa shape index (κ1) is 24.1. The molecule has 10 heteroatoms. The number of rotatable bonds is 8. The Morgan fingerprint density at radius 3 is 2.36 bits per heavy atom. The molecule has 3 rings (SSSR count). The molecule has 8 nitrogen and oxygen atoms in total. The number of nitrogens with zero attached hydrogens (tertiary/aromatic N) is 2. The van der Waals surface area contributed by atoms with E-state index in [9.17, 15) is 18.0 Å². The van der Waals surface area contributed by atoms with Crippen molar-refractivity contribution in [2.24, 2.45) is 5.10 Å². The molecule has 3 aromatic rings. The summed E-state index contributed by atoms with van der Waals surface area (Å²) in [6.07, 6.45) is 1.38. The fourth-order valence-corrected chi connectivity index (χ4v) is 4.65. The maximum Gasteiger partial charge on any atom is 0.337 e. The van der Waals surface area contributed by atoms with Crippen molar-refractivity contribution in [2.45, 2.75) is 4.90 Å². The number of anilines is 1. The molecule has 0 aliphatic rings. The molecule has 0 aliphatic heterocycles. The molecule has 3 aromatic carbocycles. The Kier molecular flexibility index (Phi) is 7.96. The van der Waals surface area contributed by atoms with Crippen molar-refractivity contribution in [3.05, 3.63) is 94.5 Å². The summed E-state index contributed by atoms with van der Waals surface area (Å²) in [6.45, 7) is -0.480. The van der Waals surface area contributed by atoms with Gasteiger partial charge < -0.3 is 4.74 Å². The molecule has 170 valence electrons. The summed E-state index contributed by atoms with van der Waals surface area (Å²) in [7, 11) is -2.71. The zero-order valence-electron chi connectivity index (χ0n) is 17.5. The number of hydrazone groups is 1. The van der Waals surface area contributed by atoms with Crippen molar-refractivity contribution in [2.75, 3.05) is 18.0 Å². The van der Waals surface area contributed by atoms with Crippen molar-refractivity contribution in [3.63, 3.8) is 0 Å². The molecule has 1 N–H and O–H groups in total. The van der Waals surface area contributed by atoms with Gasteiger partial charge in [-0.05, 0) is 48.0 Å². The van der Waals surface area contributed by atoms with E-state index < -0.39 is 28.4 Å². The third-order valence-corrected chi connectivity index (χ3v) is 6.73. The fourth-order valence-electron chi connectivity index (χ4n) is 2.83. The van der Waals surface area contributed by atoms with Crippen LogP contribution in [-0.4, -0.2) is 40.2 Å². The number of methoxy groups -OCH3 is 1. The number of ether oxygens (including phenoxy) is 1. The van der Waals surface area contributed by atoms with Crippen LogP contribution >= 0.6 is 15.9 Å². The number of hydrogen-bond acceptors (Lipinski definition) is 6. The largest absolute Gasteiger partial charge is 0.465 e. The molecule has 0 fully saturated rings. The summed E-state index contributed by atoms with van der Waals surface area (Å²) in [5.74, 6) is -1.09. The van der Waals surface area contributed by atoms with Crippen LogP contribution in [0.3, 0.4) is 0 Å². The van der Waals surface area contributed by atoms with E-state index in [4.69, 9.17) is 0 Å². The van der Waals surface area contributed by atoms with Crippen LogP contribution in [0.25, 0.3) is 0 Å². The number of esters is 1. The monoisotopic (exact) mass is 529 g/mol. The highest BCUT2D eigenvalue weighted by atomic mass is 79.9. The Hall–Kier alpha value is -3.50. The lowest BCUT2D eigenvalue weighted by atomic mass is 10.1. The van der Waals surface area contributed by atoms with E-state index in [1.165, 1.54) is 25.5 Å². The van der Waals surface area contributed by atoms with Gasteiger partial charge in [0.05, 0.1) is 29.5 Å². The molecule has 0 saturated heterocycles. The molecule has 0 aliphatic carbocycles. The van der Waals surface area contributed by atoms with Crippen LogP contribution in [-0.2, 0) is 19.6 Å². The van der Waals surface area contributed by atoms with Crippen LogP contribution in [0.4, 0.5) is 5.69 Å². The van der Waals surface area contributed by atoms with E-state index >= 15 is 0 Å². The van der Waals surface area contributed by atoms with Gasteiger partial charge in [-0.2, -0.15) is 5.10 Å². The van der Waals surface area contributed by atoms with Gasteiger partial charge in [0.25, 0.3) is 15.9 Å². The molecular formula is C23H20BrN3O5S. The second-order valence-corrected chi connectivity index (χ2v) is 9.49. The molecule has 0 bridgehead atoms. The number of hydrogen-bond donors (Lipinski definition) is 1. The molecule has 0 unspecified atom stereocenters. The molecule has 0 atom stereocenters. The second-order valence-electron chi connectivity index (χ2n) is 6.71. The van der Waals surface area contributed by atoms with Gasteiger partial charge in [-0.1, -0.05) is 52.3 Å². The van der Waals surface area contributed by atoms with Gasteiger partial charge in [0.15, 0.2) is 0 Å². The Bertz CT molecular complexity index is 1260. The van der Waals surface area contributed by atoms with Crippen LogP contribution in [0.15, 0.2) is 93.3 Å². The van der Waals surface area contributed by atoms with Gasteiger partial charge in [-0.3, -0.25) is 9.10 Å². The summed E-state index contributed by atoms with van der Waals surface area (Å²) in [5.41, 5.74) is 3.68. The predicted octanol–water partition coefficient (Wildman–Crippen LogP) is 3.58. The van der Waals surface area contributed by atoms with Gasteiger partial charge in [0.1, 0.15) is 6.54 Å². The fraction of sp³-hybridized carbons (Fsp3) is 0.0870. The number of benzene rings is 3. The lowest BCUT2D eigenvalue weighted by Crippen LogP contribution is -2.39. The third kappa shape index (κ3) is 6.27. The average molecular weight is 530 g/mol. The van der Waals surface area contributed by atoms with Crippen molar-refractivity contribution < 1.29 is 22.7 Å². The van der Waals surface area contributed by atoms with E-state index in [1.54, 1.807) is 66.7 Å². The number of sulfonamides is 1. The number of nitrogens with one attached hydrogen (secondary N) is 1. The van der Waals surface area contributed by atoms with Crippen molar-refractivity contribution >= 4 is 49.7 Å². The molecule has 0 radical (unpaired) electrons. The van der Waals surface area contributed by atoms with Crippen LogP contribution in [0.2, 0.25) is 0 Å². The minimum atomic E-state index is -4.00. The standard InChI is InChI=1S/C23H20BrN3O5S/c1-32-23(29)18-12-10-17(11-13-18)15-25-26-22(28)16-27(20-7-5-6-19(24)14-20)33(30,31)21-8-3-2-4-9-21/h2-15H,16H2,1H3,(H,26,28)/b25-15-. The van der Waals surface area contributed by atoms with Crippen molar-refractivity contribution in [1.29, 1.82) is 0 Å². The first-order valence-corrected chi connectivity index (χ1v) is 11.9. The van der Waals surface area contributed by atoms with Gasteiger partial charge >= 0.3 is 5.97 Å². The van der Waals surface area contributed by atoms with E-state index in [0.717, 1.165) is 4.31 Å². The maximum absolute atomic E-state index is 13.2. The Balaban J connectivity index is 1.77. The van der Waals surface area contributed by atoms with Crippen LogP contribution in [0.5, 0.6) is 0 Å². The average Bonchev–Trinajstić information content (AvgIpc) is 2.83. The Morgan fingerprint density at radius 2 is 1.73 bits per heavy atom. The number of amides is 1. The Morgan fingerprint density at radius 1 is 1.03 bits per heavy atom. The lowest BCUT2D eigenvalue weighted by Gasteiger charge is -2.23. The minimum absolute atomic E-state index is 0.0620. The predicted molar refractivity (Wildman–Crippen MR) is 129 cm³/mol. The normalized spacial score (nSPS) is 11.2. The minimum Gasteiger partial charge on any atom is -0.465 e. The first-order chi connectivity index (χ1) is 15.8. The summed E-state index contributed by atoms with van der Waals surface area (Å²) in [6, 6.07) is 20.9. The molecule has 0 saturated carbocycles. The van der Waals surface area contributed by atoms with Crippen LogP contribution < -0.4 is 9.73 Å². The molecule has 0 aromatic heterocycles. The van der Waals surface area contributed by atoms with Crippen LogP contribution in [0, 0.1) is 0 Å². The number of halogens is 1. The topological polar surface area (TPSA) is 105 Å². The summed E-state index contributed by atoms with van der Waals surface area (Å²) >= 11 is 3.33. The molecule has 0 spiro atoms. The molecule has 1 amide bonds. The van der Waals surface area contributed by atoms with E-state index in [1.807, 2.05) is 0 Å². The SMILES string of the molecule is COC(=O)c1ccc(/C=N\NC(=O)CN(c2cccc(Br)c2)S(=O)(=O)c2ccccc2)cc1. The zero-order valence-corrected chi connectivity index (χ0v) is 19.9. The summed E-state index contributed by atoms with van der Waals surface area (Å²) < 4.78 is 32.8. The molecular weight excluding hydrogens is 510 g/mol. The summed E-state index contributed by atoms with van der Waals surface area (Å²) in [5, 5.41) is 3.88. The highest BCUT2D eigenvalue weighted by molar-refractivity contribution is 9.10. The maximum atomic E-state index is 13.2. The first-order valence-electron chi connectivity index (χ1n) is 9.65. The highest BCUT2D eigenvalue weighted by Gasteiger charge is 2.27. The van der Waals surface area contributed by atoms with Crippen molar-refractivity contribution in [3.8, 4) is 0 Å². The van der Waals surface area contributed by atoms with E-state index in [2.05, 4.69) is 31.2 Å². The number of carbonyl (C=O) groups excluding carboxylic acids is 2. The van der Waals surface area contributed by atoms with Gasteiger partial charge in [-0.25, -0.2) is 18.6 Å². The summed E-state index contributed by atoms with van der Waals surface area (Å²) in [4.78, 5) is 24.1. The second kappa shape index (κ2) is 10.9. The molecule has 33 heavy (non-hydrogen) atoms. The lowest BCUT2D eigenvalue weighted by molar-refractivity contribution is -0.119. The van der Waals surface area contributed by atoms with E-state index in [0.29, 0.717) is 21.3 Å². The van der Waals surface area contributed by atoms with Gasteiger partial charge in [0.2, 0.25) is 0 Å². The van der Waals surface area contributed by atoms with Crippen LogP contribution in [0.1, 0.15) is 15.9 Å². The van der Waals surface area contributed by atoms with Crippen molar-refractivity contribution in [1.82, 2.24) is 5.43 Å². The number of carbonyl (C=O) groups is 2. The van der Waals surface area contributed by atoms with Gasteiger partial charge in [0, 0.05) is 4.47 Å². The quantitative estimate of drug-likeness (QED) is 0.272. The smallest absolute Gasteiger partial charge is 0.337 e. The highest BCUT2D eigenvalue weighted by Crippen LogP contribution is 2.26. The Labute approximate surface area is 200 Å².